The Morgan fingerprint density at radius 1 is 1.50 bits per heavy atom. The van der Waals surface area contributed by atoms with Crippen molar-refractivity contribution in [2.45, 2.75) is 0 Å². The Balaban J connectivity index is 2.34. The molecule has 0 fully saturated rings. The van der Waals surface area contributed by atoms with Gasteiger partial charge < -0.3 is 15.5 Å². The Bertz CT molecular complexity index is 701. The molecule has 9 nitrogen and oxygen atoms in total. The van der Waals surface area contributed by atoms with Gasteiger partial charge in [0.25, 0.3) is 0 Å². The molecule has 0 radical (unpaired) electrons. The average Bonchev–Trinajstić information content (AvgIpc) is 2.93. The highest BCUT2D eigenvalue weighted by Crippen LogP contribution is 2.25. The van der Waals surface area contributed by atoms with E-state index in [9.17, 15) is 9.90 Å². The number of hydrogen-bond donors (Lipinski definition) is 4. The number of phenols is 1. The third-order valence-corrected chi connectivity index (χ3v) is 2.34. The van der Waals surface area contributed by atoms with E-state index in [1.165, 1.54) is 24.4 Å². The van der Waals surface area contributed by atoms with Crippen LogP contribution < -0.4 is 5.32 Å². The molecule has 1 heterocycles. The second kappa shape index (κ2) is 5.49. The number of tetrazole rings is 1. The number of hydrogen-bond acceptors (Lipinski definition) is 7. The fourth-order valence-corrected chi connectivity index (χ4v) is 1.46. The molecule has 0 spiro atoms. The quantitative estimate of drug-likeness (QED) is 0.590. The number of aromatic amines is 1. The van der Waals surface area contributed by atoms with Crippen LogP contribution in [0.4, 0.5) is 5.69 Å². The van der Waals surface area contributed by atoms with Crippen molar-refractivity contribution in [3.05, 3.63) is 35.8 Å². The second-order valence-electron chi connectivity index (χ2n) is 3.55. The van der Waals surface area contributed by atoms with Crippen molar-refractivity contribution < 1.29 is 15.0 Å². The number of nitriles is 1. The standard InChI is InChI=1S/C11H8N6O3/c12-4-6(10-14-16-17-15-10)5-13-7-2-1-3-8(18)9(7)11(19)20/h1-3,5,13,18H,(H,19,20)(H,14,15,16,17). The van der Waals surface area contributed by atoms with E-state index in [1.54, 1.807) is 0 Å². The maximum absolute atomic E-state index is 11.1. The molecule has 100 valence electrons. The first-order valence-corrected chi connectivity index (χ1v) is 5.29. The summed E-state index contributed by atoms with van der Waals surface area (Å²) < 4.78 is 0. The van der Waals surface area contributed by atoms with E-state index in [1.807, 2.05) is 6.07 Å². The summed E-state index contributed by atoms with van der Waals surface area (Å²) in [5.74, 6) is -1.61. The number of aromatic carboxylic acids is 1. The lowest BCUT2D eigenvalue weighted by molar-refractivity contribution is 0.0695. The van der Waals surface area contributed by atoms with Crippen LogP contribution in [0, 0.1) is 11.3 Å². The molecule has 0 atom stereocenters. The number of carbonyl (C=O) groups is 1. The molecule has 0 unspecified atom stereocenters. The third kappa shape index (κ3) is 2.54. The van der Waals surface area contributed by atoms with Crippen molar-refractivity contribution in [2.24, 2.45) is 0 Å². The minimum Gasteiger partial charge on any atom is -0.507 e. The molecule has 0 saturated heterocycles. The Labute approximate surface area is 112 Å². The number of carboxylic acids is 1. The fraction of sp³-hybridized carbons (Fsp3) is 0. The van der Waals surface area contributed by atoms with E-state index in [0.29, 0.717) is 0 Å². The maximum Gasteiger partial charge on any atom is 0.341 e. The van der Waals surface area contributed by atoms with Gasteiger partial charge in [0.15, 0.2) is 0 Å². The predicted octanol–water partition coefficient (Wildman–Crippen LogP) is 0.580. The molecule has 1 aromatic carbocycles. The van der Waals surface area contributed by atoms with Crippen molar-refractivity contribution in [3.8, 4) is 11.8 Å². The molecular weight excluding hydrogens is 264 g/mol. The van der Waals surface area contributed by atoms with E-state index in [-0.39, 0.29) is 28.4 Å². The lowest BCUT2D eigenvalue weighted by atomic mass is 10.1. The van der Waals surface area contributed by atoms with Gasteiger partial charge in [-0.15, -0.1) is 10.2 Å². The topological polar surface area (TPSA) is 148 Å². The molecule has 0 bridgehead atoms. The monoisotopic (exact) mass is 272 g/mol. The van der Waals surface area contributed by atoms with E-state index in [0.717, 1.165) is 0 Å². The van der Waals surface area contributed by atoms with Crippen molar-refractivity contribution in [1.82, 2.24) is 20.6 Å². The van der Waals surface area contributed by atoms with Gasteiger partial charge in [-0.25, -0.2) is 4.79 Å². The number of nitrogens with zero attached hydrogens (tertiary/aromatic N) is 4. The summed E-state index contributed by atoms with van der Waals surface area (Å²) in [6.07, 6.45) is 1.23. The summed E-state index contributed by atoms with van der Waals surface area (Å²) in [4.78, 5) is 11.1. The molecule has 4 N–H and O–H groups in total. The van der Waals surface area contributed by atoms with Gasteiger partial charge in [-0.05, 0) is 17.3 Å². The van der Waals surface area contributed by atoms with Crippen LogP contribution in [0.15, 0.2) is 24.4 Å². The van der Waals surface area contributed by atoms with Crippen LogP contribution in [-0.2, 0) is 0 Å². The first-order valence-electron chi connectivity index (χ1n) is 5.29. The Morgan fingerprint density at radius 3 is 2.90 bits per heavy atom. The number of benzene rings is 1. The van der Waals surface area contributed by atoms with Crippen molar-refractivity contribution in [1.29, 1.82) is 5.26 Å². The predicted molar refractivity (Wildman–Crippen MR) is 66.5 cm³/mol. The number of rotatable bonds is 4. The largest absolute Gasteiger partial charge is 0.507 e. The summed E-state index contributed by atoms with van der Waals surface area (Å²) in [5.41, 5.74) is -0.110. The highest BCUT2D eigenvalue weighted by Gasteiger charge is 2.15. The summed E-state index contributed by atoms with van der Waals surface area (Å²) in [7, 11) is 0. The van der Waals surface area contributed by atoms with Crippen LogP contribution in [0.5, 0.6) is 5.75 Å². The van der Waals surface area contributed by atoms with Crippen LogP contribution in [0.2, 0.25) is 0 Å². The van der Waals surface area contributed by atoms with E-state index in [4.69, 9.17) is 10.4 Å². The maximum atomic E-state index is 11.1. The van der Waals surface area contributed by atoms with Crippen LogP contribution >= 0.6 is 0 Å². The molecule has 2 aromatic rings. The highest BCUT2D eigenvalue weighted by molar-refractivity contribution is 5.97. The zero-order valence-corrected chi connectivity index (χ0v) is 9.90. The van der Waals surface area contributed by atoms with Gasteiger partial charge in [-0.3, -0.25) is 0 Å². The minimum atomic E-state index is -1.29. The number of allylic oxidation sites excluding steroid dienone is 1. The number of anilines is 1. The second-order valence-corrected chi connectivity index (χ2v) is 3.55. The number of carboxylic acid groups (broad SMARTS) is 1. The van der Waals surface area contributed by atoms with Gasteiger partial charge in [0, 0.05) is 6.20 Å². The molecule has 0 aliphatic rings. The first kappa shape index (κ1) is 13.0. The number of nitrogens with one attached hydrogen (secondary N) is 2. The van der Waals surface area contributed by atoms with E-state index >= 15 is 0 Å². The summed E-state index contributed by atoms with van der Waals surface area (Å²) in [5, 5.41) is 42.9. The molecule has 0 aliphatic heterocycles. The smallest absolute Gasteiger partial charge is 0.341 e. The van der Waals surface area contributed by atoms with Crippen molar-refractivity contribution in [2.75, 3.05) is 5.32 Å². The normalized spacial score (nSPS) is 10.8. The summed E-state index contributed by atoms with van der Waals surface area (Å²) in [6, 6.07) is 6.01. The van der Waals surface area contributed by atoms with Crippen molar-refractivity contribution in [3.63, 3.8) is 0 Å². The highest BCUT2D eigenvalue weighted by atomic mass is 16.4. The molecule has 0 saturated carbocycles. The summed E-state index contributed by atoms with van der Waals surface area (Å²) >= 11 is 0. The Kier molecular flexibility index (Phi) is 3.58. The number of aromatic nitrogens is 4. The average molecular weight is 272 g/mol. The molecule has 1 aromatic heterocycles. The fourth-order valence-electron chi connectivity index (χ4n) is 1.46. The summed E-state index contributed by atoms with van der Waals surface area (Å²) in [6.45, 7) is 0. The van der Waals surface area contributed by atoms with Gasteiger partial charge in [0.1, 0.15) is 23.0 Å². The van der Waals surface area contributed by atoms with E-state index < -0.39 is 5.97 Å². The van der Waals surface area contributed by atoms with Crippen LogP contribution in [0.3, 0.4) is 0 Å². The Hall–Kier alpha value is -3.41. The van der Waals surface area contributed by atoms with Gasteiger partial charge >= 0.3 is 5.97 Å². The molecule has 2 rings (SSSR count). The lowest BCUT2D eigenvalue weighted by Gasteiger charge is -2.07. The molecular formula is C11H8N6O3. The minimum absolute atomic E-state index is 0.0541. The van der Waals surface area contributed by atoms with Crippen LogP contribution in [0.25, 0.3) is 5.57 Å². The molecule has 9 heteroatoms. The van der Waals surface area contributed by atoms with Gasteiger partial charge in [0.05, 0.1) is 5.69 Å². The SMILES string of the molecule is N#CC(=CNc1cccc(O)c1C(=O)O)c1nn[nH]n1. The van der Waals surface area contributed by atoms with Crippen LogP contribution in [-0.4, -0.2) is 36.8 Å². The van der Waals surface area contributed by atoms with Gasteiger partial charge in [0.2, 0.25) is 5.82 Å². The number of H-pyrrole nitrogens is 1. The van der Waals surface area contributed by atoms with Gasteiger partial charge in [-0.2, -0.15) is 10.5 Å². The van der Waals surface area contributed by atoms with E-state index in [2.05, 4.69) is 25.9 Å². The zero-order chi connectivity index (χ0) is 14.5. The molecule has 0 aliphatic carbocycles. The molecule has 20 heavy (non-hydrogen) atoms. The van der Waals surface area contributed by atoms with Crippen LogP contribution in [0.1, 0.15) is 16.2 Å². The third-order valence-electron chi connectivity index (χ3n) is 2.34. The molecule has 0 amide bonds. The number of aromatic hydroxyl groups is 1. The first-order chi connectivity index (χ1) is 9.63. The zero-order valence-electron chi connectivity index (χ0n) is 9.90. The Morgan fingerprint density at radius 2 is 2.30 bits per heavy atom. The van der Waals surface area contributed by atoms with Gasteiger partial charge in [-0.1, -0.05) is 6.07 Å². The van der Waals surface area contributed by atoms with Crippen molar-refractivity contribution >= 4 is 17.2 Å². The lowest BCUT2D eigenvalue weighted by Crippen LogP contribution is -2.03.